The van der Waals surface area contributed by atoms with Crippen molar-refractivity contribution in [3.8, 4) is 11.8 Å². The summed E-state index contributed by atoms with van der Waals surface area (Å²) in [5, 5.41) is 18.1. The maximum absolute atomic E-state index is 10.7. The highest BCUT2D eigenvalue weighted by molar-refractivity contribution is 5.66. The second-order valence-electron chi connectivity index (χ2n) is 4.31. The number of hydrogen-bond acceptors (Lipinski definition) is 4. The Kier molecular flexibility index (Phi) is 6.54. The molecule has 1 aromatic carbocycles. The van der Waals surface area contributed by atoms with Gasteiger partial charge >= 0.3 is 5.97 Å². The number of carboxylic acid groups (broad SMARTS) is 1. The molecular formula is C15H20N2O3. The fraction of sp³-hybridized carbons (Fsp3) is 0.467. The van der Waals surface area contributed by atoms with Crippen LogP contribution < -0.4 is 4.74 Å². The predicted molar refractivity (Wildman–Crippen MR) is 75.5 cm³/mol. The van der Waals surface area contributed by atoms with Gasteiger partial charge in [0.15, 0.2) is 0 Å². The van der Waals surface area contributed by atoms with Gasteiger partial charge in [-0.1, -0.05) is 19.1 Å². The predicted octanol–water partition coefficient (Wildman–Crippen LogP) is 2.45. The van der Waals surface area contributed by atoms with Crippen LogP contribution in [0.15, 0.2) is 24.3 Å². The fourth-order valence-electron chi connectivity index (χ4n) is 1.99. The molecule has 5 nitrogen and oxygen atoms in total. The second-order valence-corrected chi connectivity index (χ2v) is 4.31. The zero-order valence-corrected chi connectivity index (χ0v) is 11.9. The average molecular weight is 276 g/mol. The van der Waals surface area contributed by atoms with E-state index in [9.17, 15) is 10.1 Å². The normalized spacial score (nSPS) is 11.9. The van der Waals surface area contributed by atoms with E-state index in [2.05, 4.69) is 6.07 Å². The molecule has 1 rings (SSSR count). The molecular weight excluding hydrogens is 256 g/mol. The third kappa shape index (κ3) is 4.56. The molecule has 0 aliphatic carbocycles. The van der Waals surface area contributed by atoms with Crippen LogP contribution in [-0.4, -0.2) is 35.7 Å². The van der Waals surface area contributed by atoms with E-state index in [1.54, 1.807) is 0 Å². The molecule has 0 saturated carbocycles. The monoisotopic (exact) mass is 276 g/mol. The van der Waals surface area contributed by atoms with Crippen molar-refractivity contribution in [1.29, 1.82) is 5.26 Å². The van der Waals surface area contributed by atoms with E-state index >= 15 is 0 Å². The maximum atomic E-state index is 10.7. The first-order chi connectivity index (χ1) is 9.62. The van der Waals surface area contributed by atoms with Crippen LogP contribution in [0.3, 0.4) is 0 Å². The number of ether oxygens (including phenoxy) is 1. The number of rotatable bonds is 8. The van der Waals surface area contributed by atoms with Crippen molar-refractivity contribution < 1.29 is 14.6 Å². The van der Waals surface area contributed by atoms with Crippen molar-refractivity contribution >= 4 is 5.97 Å². The Hall–Kier alpha value is -2.06. The van der Waals surface area contributed by atoms with Crippen LogP contribution in [0.5, 0.6) is 5.75 Å². The molecule has 0 aliphatic heterocycles. The van der Waals surface area contributed by atoms with Gasteiger partial charge in [0.1, 0.15) is 11.8 Å². The first-order valence-corrected chi connectivity index (χ1v) is 6.70. The molecule has 0 amide bonds. The third-order valence-corrected chi connectivity index (χ3v) is 3.01. The van der Waals surface area contributed by atoms with Crippen LogP contribution in [0.25, 0.3) is 0 Å². The van der Waals surface area contributed by atoms with Crippen LogP contribution in [0, 0.1) is 11.3 Å². The highest BCUT2D eigenvalue weighted by atomic mass is 16.5. The molecule has 0 heterocycles. The van der Waals surface area contributed by atoms with E-state index in [-0.39, 0.29) is 6.42 Å². The van der Waals surface area contributed by atoms with E-state index in [0.717, 1.165) is 11.3 Å². The molecule has 108 valence electrons. The number of hydrogen-bond donors (Lipinski definition) is 1. The van der Waals surface area contributed by atoms with Crippen LogP contribution in [0.4, 0.5) is 0 Å². The summed E-state index contributed by atoms with van der Waals surface area (Å²) in [6.45, 7) is 5.41. The summed E-state index contributed by atoms with van der Waals surface area (Å²) in [4.78, 5) is 12.5. The van der Waals surface area contributed by atoms with E-state index < -0.39 is 12.0 Å². The number of benzene rings is 1. The van der Waals surface area contributed by atoms with Gasteiger partial charge < -0.3 is 9.84 Å². The zero-order chi connectivity index (χ0) is 15.0. The summed E-state index contributed by atoms with van der Waals surface area (Å²) in [5.74, 6) is -0.0895. The number of nitrogens with zero attached hydrogens (tertiary/aromatic N) is 2. The Labute approximate surface area is 119 Å². The summed E-state index contributed by atoms with van der Waals surface area (Å²) in [5.41, 5.74) is 0.850. The standard InChI is InChI=1S/C15H20N2O3/c1-3-17(10-9-15(18)19)14(11-16)12-5-7-13(8-6-12)20-4-2/h5-8,14H,3-4,9-10H2,1-2H3,(H,18,19). The Morgan fingerprint density at radius 2 is 2.05 bits per heavy atom. The van der Waals surface area contributed by atoms with Gasteiger partial charge in [-0.3, -0.25) is 9.69 Å². The molecule has 0 spiro atoms. The van der Waals surface area contributed by atoms with Gasteiger partial charge in [0.05, 0.1) is 19.1 Å². The Morgan fingerprint density at radius 3 is 2.50 bits per heavy atom. The number of carboxylic acids is 1. The van der Waals surface area contributed by atoms with Crippen molar-refractivity contribution in [2.24, 2.45) is 0 Å². The largest absolute Gasteiger partial charge is 0.494 e. The molecule has 0 bridgehead atoms. The smallest absolute Gasteiger partial charge is 0.304 e. The maximum Gasteiger partial charge on any atom is 0.304 e. The molecule has 1 unspecified atom stereocenters. The van der Waals surface area contributed by atoms with Gasteiger partial charge in [-0.2, -0.15) is 5.26 Å². The van der Waals surface area contributed by atoms with Crippen LogP contribution in [0.1, 0.15) is 31.9 Å². The van der Waals surface area contributed by atoms with Gasteiger partial charge in [-0.05, 0) is 31.2 Å². The Balaban J connectivity index is 2.82. The highest BCUT2D eigenvalue weighted by Gasteiger charge is 2.19. The van der Waals surface area contributed by atoms with Gasteiger partial charge in [-0.15, -0.1) is 0 Å². The summed E-state index contributed by atoms with van der Waals surface area (Å²) in [6, 6.07) is 9.16. The minimum absolute atomic E-state index is 0.0308. The lowest BCUT2D eigenvalue weighted by Gasteiger charge is -2.25. The zero-order valence-electron chi connectivity index (χ0n) is 11.9. The molecule has 5 heteroatoms. The SMILES string of the molecule is CCOc1ccc(C(C#N)N(CC)CCC(=O)O)cc1. The number of aliphatic carboxylic acids is 1. The molecule has 1 N–H and O–H groups in total. The lowest BCUT2D eigenvalue weighted by molar-refractivity contribution is -0.137. The van der Waals surface area contributed by atoms with Gasteiger partial charge in [0.2, 0.25) is 0 Å². The average Bonchev–Trinajstić information content (AvgIpc) is 2.45. The molecule has 0 saturated heterocycles. The number of carbonyl (C=O) groups is 1. The molecule has 0 fully saturated rings. The highest BCUT2D eigenvalue weighted by Crippen LogP contribution is 2.22. The van der Waals surface area contributed by atoms with Crippen LogP contribution >= 0.6 is 0 Å². The van der Waals surface area contributed by atoms with E-state index in [0.29, 0.717) is 19.7 Å². The summed E-state index contributed by atoms with van der Waals surface area (Å²) in [6.07, 6.45) is 0.0308. The lowest BCUT2D eigenvalue weighted by Crippen LogP contribution is -2.30. The Bertz CT molecular complexity index is 465. The van der Waals surface area contributed by atoms with E-state index in [1.807, 2.05) is 43.0 Å². The van der Waals surface area contributed by atoms with Crippen molar-refractivity contribution in [1.82, 2.24) is 4.90 Å². The third-order valence-electron chi connectivity index (χ3n) is 3.01. The van der Waals surface area contributed by atoms with Crippen molar-refractivity contribution in [3.05, 3.63) is 29.8 Å². The van der Waals surface area contributed by atoms with Gasteiger partial charge in [0.25, 0.3) is 0 Å². The van der Waals surface area contributed by atoms with Crippen molar-refractivity contribution in [3.63, 3.8) is 0 Å². The Morgan fingerprint density at radius 1 is 1.40 bits per heavy atom. The first-order valence-electron chi connectivity index (χ1n) is 6.70. The lowest BCUT2D eigenvalue weighted by atomic mass is 10.1. The minimum Gasteiger partial charge on any atom is -0.494 e. The van der Waals surface area contributed by atoms with Crippen LogP contribution in [-0.2, 0) is 4.79 Å². The molecule has 1 aromatic rings. The first kappa shape index (κ1) is 16.0. The summed E-state index contributed by atoms with van der Waals surface area (Å²) in [7, 11) is 0. The topological polar surface area (TPSA) is 73.6 Å². The molecule has 20 heavy (non-hydrogen) atoms. The van der Waals surface area contributed by atoms with Crippen LogP contribution in [0.2, 0.25) is 0 Å². The van der Waals surface area contributed by atoms with E-state index in [4.69, 9.17) is 9.84 Å². The quantitative estimate of drug-likeness (QED) is 0.789. The molecule has 0 aliphatic rings. The molecule has 0 radical (unpaired) electrons. The molecule has 0 aromatic heterocycles. The van der Waals surface area contributed by atoms with Crippen molar-refractivity contribution in [2.75, 3.05) is 19.7 Å². The second kappa shape index (κ2) is 8.18. The van der Waals surface area contributed by atoms with E-state index in [1.165, 1.54) is 0 Å². The minimum atomic E-state index is -0.855. The summed E-state index contributed by atoms with van der Waals surface area (Å²) < 4.78 is 5.37. The molecule has 1 atom stereocenters. The van der Waals surface area contributed by atoms with Gasteiger partial charge in [-0.25, -0.2) is 0 Å². The fourth-order valence-corrected chi connectivity index (χ4v) is 1.99. The van der Waals surface area contributed by atoms with Gasteiger partial charge in [0, 0.05) is 6.54 Å². The van der Waals surface area contributed by atoms with Crippen molar-refractivity contribution in [2.45, 2.75) is 26.3 Å². The number of nitriles is 1. The summed E-state index contributed by atoms with van der Waals surface area (Å²) >= 11 is 0.